The Morgan fingerprint density at radius 3 is 2.16 bits per heavy atom. The fourth-order valence-electron chi connectivity index (χ4n) is 4.89. The second kappa shape index (κ2) is 9.39. The van der Waals surface area contributed by atoms with Crippen LogP contribution in [-0.2, 0) is 13.2 Å². The van der Waals surface area contributed by atoms with Crippen molar-refractivity contribution in [3.63, 3.8) is 0 Å². The molecule has 184 valence electrons. The van der Waals surface area contributed by atoms with Crippen LogP contribution >= 0.6 is 0 Å². The predicted octanol–water partition coefficient (Wildman–Crippen LogP) is 4.86. The number of hydrogen-bond donors (Lipinski definition) is 0. The Balaban J connectivity index is 1.09. The third kappa shape index (κ3) is 4.06. The Labute approximate surface area is 213 Å². The van der Waals surface area contributed by atoms with E-state index >= 15 is 0 Å². The second-order valence-corrected chi connectivity index (χ2v) is 8.90. The van der Waals surface area contributed by atoms with E-state index in [-0.39, 0.29) is 18.4 Å². The number of hydrogen-bond acceptors (Lipinski definition) is 6. The minimum Gasteiger partial charge on any atom is -0.496 e. The van der Waals surface area contributed by atoms with Crippen LogP contribution in [0.2, 0.25) is 0 Å². The molecule has 0 saturated carbocycles. The second-order valence-electron chi connectivity index (χ2n) is 8.90. The predicted molar refractivity (Wildman–Crippen MR) is 139 cm³/mol. The highest BCUT2D eigenvalue weighted by Crippen LogP contribution is 2.33. The zero-order chi connectivity index (χ0) is 25.4. The number of fused-ring (bicyclic) bond motifs is 1. The summed E-state index contributed by atoms with van der Waals surface area (Å²) in [4.78, 5) is 27.4. The molecule has 0 saturated heterocycles. The number of carbonyl (C=O) groups excluding carboxylic acids is 2. The van der Waals surface area contributed by atoms with Crippen LogP contribution in [0.3, 0.4) is 0 Å². The third-order valence-electron chi connectivity index (χ3n) is 6.65. The Morgan fingerprint density at radius 1 is 0.784 bits per heavy atom. The molecule has 4 aromatic carbocycles. The van der Waals surface area contributed by atoms with Crippen LogP contribution in [0.25, 0.3) is 21.5 Å². The molecule has 0 radical (unpaired) electrons. The topological polar surface area (TPSA) is 86.5 Å². The first kappa shape index (κ1) is 22.7. The molecular formula is C29H24N4O4. The van der Waals surface area contributed by atoms with Crippen molar-refractivity contribution in [1.82, 2.24) is 19.9 Å². The van der Waals surface area contributed by atoms with Crippen molar-refractivity contribution in [2.75, 3.05) is 13.7 Å². The lowest BCUT2D eigenvalue weighted by Gasteiger charge is -2.27. The SMILES string of the molecule is COc1ccc(OCc2cn(CCCN3C(=O)c4cccc5cccc(c45)C3=O)nn2)c2ccccc12. The van der Waals surface area contributed by atoms with Gasteiger partial charge in [0.15, 0.2) is 0 Å². The van der Waals surface area contributed by atoms with E-state index < -0.39 is 0 Å². The molecule has 1 aliphatic rings. The molecule has 0 aliphatic carbocycles. The highest BCUT2D eigenvalue weighted by Gasteiger charge is 2.32. The van der Waals surface area contributed by atoms with E-state index in [0.717, 1.165) is 33.0 Å². The van der Waals surface area contributed by atoms with Crippen molar-refractivity contribution in [3.8, 4) is 11.5 Å². The van der Waals surface area contributed by atoms with E-state index in [1.165, 1.54) is 4.90 Å². The Hall–Kier alpha value is -4.72. The molecule has 0 unspecified atom stereocenters. The molecule has 2 amide bonds. The van der Waals surface area contributed by atoms with Crippen LogP contribution in [-0.4, -0.2) is 45.4 Å². The largest absolute Gasteiger partial charge is 0.496 e. The van der Waals surface area contributed by atoms with Gasteiger partial charge in [0.05, 0.1) is 13.3 Å². The maximum Gasteiger partial charge on any atom is 0.261 e. The molecule has 0 bridgehead atoms. The zero-order valence-corrected chi connectivity index (χ0v) is 20.3. The van der Waals surface area contributed by atoms with E-state index in [0.29, 0.717) is 36.3 Å². The first-order valence-electron chi connectivity index (χ1n) is 12.1. The number of aromatic nitrogens is 3. The smallest absolute Gasteiger partial charge is 0.261 e. The minimum absolute atomic E-state index is 0.256. The van der Waals surface area contributed by atoms with Gasteiger partial charge in [0, 0.05) is 40.4 Å². The number of benzene rings is 4. The Kier molecular flexibility index (Phi) is 5.76. The molecular weight excluding hydrogens is 468 g/mol. The molecule has 6 rings (SSSR count). The van der Waals surface area contributed by atoms with Crippen LogP contribution in [0, 0.1) is 0 Å². The molecule has 0 atom stereocenters. The van der Waals surface area contributed by atoms with Gasteiger partial charge in [-0.2, -0.15) is 0 Å². The van der Waals surface area contributed by atoms with Crippen molar-refractivity contribution in [2.45, 2.75) is 19.6 Å². The average molecular weight is 493 g/mol. The first-order chi connectivity index (χ1) is 18.1. The van der Waals surface area contributed by atoms with Gasteiger partial charge in [0.25, 0.3) is 11.8 Å². The van der Waals surface area contributed by atoms with Crippen molar-refractivity contribution < 1.29 is 19.1 Å². The molecule has 0 spiro atoms. The summed E-state index contributed by atoms with van der Waals surface area (Å²) in [5.74, 6) is 1.02. The lowest BCUT2D eigenvalue weighted by atomic mass is 9.94. The molecule has 5 aromatic rings. The van der Waals surface area contributed by atoms with Crippen LogP contribution in [0.5, 0.6) is 11.5 Å². The van der Waals surface area contributed by atoms with Crippen LogP contribution < -0.4 is 9.47 Å². The van der Waals surface area contributed by atoms with Gasteiger partial charge < -0.3 is 9.47 Å². The summed E-state index contributed by atoms with van der Waals surface area (Å²) in [6.07, 6.45) is 2.38. The van der Waals surface area contributed by atoms with Crippen molar-refractivity contribution in [1.29, 1.82) is 0 Å². The lowest BCUT2D eigenvalue weighted by Crippen LogP contribution is -2.41. The monoisotopic (exact) mass is 492 g/mol. The van der Waals surface area contributed by atoms with Gasteiger partial charge in [-0.25, -0.2) is 0 Å². The van der Waals surface area contributed by atoms with Crippen molar-refractivity contribution in [2.24, 2.45) is 0 Å². The first-order valence-corrected chi connectivity index (χ1v) is 12.1. The number of ether oxygens (including phenoxy) is 2. The summed E-state index contributed by atoms with van der Waals surface area (Å²) in [5, 5.41) is 12.0. The standard InChI is InChI=1S/C29H24N4O4/c1-36-25-13-14-26(22-10-3-2-9-21(22)25)37-18-20-17-32(31-30-20)15-6-16-33-28(34)23-11-4-7-19-8-5-12-24(27(19)23)29(33)35/h2-5,7-14,17H,6,15-16,18H2,1H3. The Bertz CT molecular complexity index is 1610. The van der Waals surface area contributed by atoms with Gasteiger partial charge in [0.1, 0.15) is 23.8 Å². The summed E-state index contributed by atoms with van der Waals surface area (Å²) in [5.41, 5.74) is 1.82. The van der Waals surface area contributed by atoms with Gasteiger partial charge in [-0.1, -0.05) is 53.7 Å². The number of carbonyl (C=O) groups is 2. The van der Waals surface area contributed by atoms with E-state index in [2.05, 4.69) is 10.3 Å². The van der Waals surface area contributed by atoms with Gasteiger partial charge >= 0.3 is 0 Å². The van der Waals surface area contributed by atoms with Gasteiger partial charge in [-0.05, 0) is 36.1 Å². The Morgan fingerprint density at radius 2 is 1.46 bits per heavy atom. The fourth-order valence-corrected chi connectivity index (χ4v) is 4.89. The molecule has 8 nitrogen and oxygen atoms in total. The van der Waals surface area contributed by atoms with E-state index in [4.69, 9.17) is 9.47 Å². The molecule has 2 heterocycles. The van der Waals surface area contributed by atoms with Crippen LogP contribution in [0.1, 0.15) is 32.8 Å². The number of imide groups is 1. The molecule has 8 heteroatoms. The van der Waals surface area contributed by atoms with E-state index in [9.17, 15) is 9.59 Å². The molecule has 1 aromatic heterocycles. The highest BCUT2D eigenvalue weighted by molar-refractivity contribution is 6.25. The van der Waals surface area contributed by atoms with Gasteiger partial charge in [-0.15, -0.1) is 5.10 Å². The summed E-state index contributed by atoms with van der Waals surface area (Å²) < 4.78 is 13.2. The average Bonchev–Trinajstić information content (AvgIpc) is 3.39. The quantitative estimate of drug-likeness (QED) is 0.288. The van der Waals surface area contributed by atoms with Gasteiger partial charge in [0.2, 0.25) is 0 Å². The van der Waals surface area contributed by atoms with Crippen molar-refractivity contribution >= 4 is 33.4 Å². The summed E-state index contributed by atoms with van der Waals surface area (Å²) >= 11 is 0. The summed E-state index contributed by atoms with van der Waals surface area (Å²) in [6.45, 7) is 1.08. The number of aryl methyl sites for hydroxylation is 1. The van der Waals surface area contributed by atoms with E-state index in [1.54, 1.807) is 23.9 Å². The maximum atomic E-state index is 13.1. The number of methoxy groups -OCH3 is 1. The number of rotatable bonds is 8. The van der Waals surface area contributed by atoms with E-state index in [1.807, 2.05) is 66.9 Å². The normalized spacial score (nSPS) is 12.9. The summed E-state index contributed by atoms with van der Waals surface area (Å²) in [7, 11) is 1.65. The maximum absolute atomic E-state index is 13.1. The zero-order valence-electron chi connectivity index (χ0n) is 20.3. The number of amides is 2. The fraction of sp³-hybridized carbons (Fsp3) is 0.172. The third-order valence-corrected chi connectivity index (χ3v) is 6.65. The molecule has 0 N–H and O–H groups in total. The van der Waals surface area contributed by atoms with Gasteiger partial charge in [-0.3, -0.25) is 19.2 Å². The number of nitrogens with zero attached hydrogens (tertiary/aromatic N) is 4. The van der Waals surface area contributed by atoms with Crippen LogP contribution in [0.4, 0.5) is 0 Å². The highest BCUT2D eigenvalue weighted by atomic mass is 16.5. The summed E-state index contributed by atoms with van der Waals surface area (Å²) in [6, 6.07) is 22.8. The van der Waals surface area contributed by atoms with Crippen molar-refractivity contribution in [3.05, 3.63) is 95.8 Å². The van der Waals surface area contributed by atoms with Crippen LogP contribution in [0.15, 0.2) is 79.0 Å². The molecule has 37 heavy (non-hydrogen) atoms. The molecule has 1 aliphatic heterocycles. The molecule has 0 fully saturated rings. The lowest BCUT2D eigenvalue weighted by molar-refractivity contribution is 0.0606. The minimum atomic E-state index is -0.256.